The monoisotopic (exact) mass is 608 g/mol. The quantitative estimate of drug-likeness (QED) is 0.140. The van der Waals surface area contributed by atoms with Crippen LogP contribution in [0.15, 0.2) is 90.5 Å². The molecule has 4 aromatic carbocycles. The molecule has 2 heterocycles. The van der Waals surface area contributed by atoms with E-state index in [-0.39, 0.29) is 17.5 Å². The molecule has 46 heavy (non-hydrogen) atoms. The topological polar surface area (TPSA) is 6.48 Å². The van der Waals surface area contributed by atoms with Crippen molar-refractivity contribution in [1.82, 2.24) is 0 Å². The standard InChI is InChI=1S/C43H53BN2/c1-12-29(4)36(25-19-28(2)3)46-39-18-14-17-38-40(39)44(34-16-13-15-30(5)41(34)46)35-27-32(43(9,10)11)22-26-37(35)45(38)33-23-20-31(21-24-33)42(6,7)8/h13-24,26-27,29,36H,12,25H2,1-11H3/t29?,36-/m1/s1. The minimum Gasteiger partial charge on any atom is -0.338 e. The smallest absolute Gasteiger partial charge is 0.252 e. The number of para-hydroxylation sites is 1. The van der Waals surface area contributed by atoms with Crippen LogP contribution in [-0.2, 0) is 10.8 Å². The fourth-order valence-corrected chi connectivity index (χ4v) is 7.62. The van der Waals surface area contributed by atoms with Crippen molar-refractivity contribution in [3.05, 3.63) is 107 Å². The normalized spacial score (nSPS) is 15.2. The maximum absolute atomic E-state index is 2.74. The minimum atomic E-state index is 0.0517. The summed E-state index contributed by atoms with van der Waals surface area (Å²) in [5.74, 6) is 0.528. The van der Waals surface area contributed by atoms with E-state index in [1.165, 1.54) is 67.1 Å². The van der Waals surface area contributed by atoms with Crippen molar-refractivity contribution in [2.24, 2.45) is 5.92 Å². The molecule has 0 N–H and O–H groups in total. The van der Waals surface area contributed by atoms with E-state index in [1.807, 2.05) is 0 Å². The summed E-state index contributed by atoms with van der Waals surface area (Å²) < 4.78 is 0. The van der Waals surface area contributed by atoms with Crippen molar-refractivity contribution in [3.63, 3.8) is 0 Å². The third-order valence-corrected chi connectivity index (χ3v) is 10.5. The Balaban J connectivity index is 1.67. The third kappa shape index (κ3) is 5.50. The van der Waals surface area contributed by atoms with Gasteiger partial charge in [-0.3, -0.25) is 0 Å². The summed E-state index contributed by atoms with van der Waals surface area (Å²) in [5, 5.41) is 0. The van der Waals surface area contributed by atoms with Gasteiger partial charge in [-0.1, -0.05) is 122 Å². The maximum atomic E-state index is 2.74. The number of allylic oxidation sites excluding steroid dienone is 1. The highest BCUT2D eigenvalue weighted by atomic mass is 15.2. The molecule has 4 aromatic rings. The number of hydrogen-bond acceptors (Lipinski definition) is 2. The number of hydrogen-bond donors (Lipinski definition) is 0. The Labute approximate surface area is 279 Å². The van der Waals surface area contributed by atoms with Gasteiger partial charge in [0.05, 0.1) is 0 Å². The van der Waals surface area contributed by atoms with E-state index in [0.717, 1.165) is 12.8 Å². The van der Waals surface area contributed by atoms with Gasteiger partial charge in [-0.2, -0.15) is 0 Å². The van der Waals surface area contributed by atoms with Crippen LogP contribution in [0.25, 0.3) is 0 Å². The molecule has 0 fully saturated rings. The predicted octanol–water partition coefficient (Wildman–Crippen LogP) is 10.1. The molecule has 6 rings (SSSR count). The number of rotatable bonds is 6. The van der Waals surface area contributed by atoms with Crippen molar-refractivity contribution in [2.45, 2.75) is 106 Å². The number of nitrogens with zero attached hydrogens (tertiary/aromatic N) is 2. The lowest BCUT2D eigenvalue weighted by molar-refractivity contribution is 0.438. The van der Waals surface area contributed by atoms with Gasteiger partial charge in [0.2, 0.25) is 0 Å². The summed E-state index contributed by atoms with van der Waals surface area (Å²) in [7, 11) is 0. The zero-order valence-electron chi connectivity index (χ0n) is 30.1. The lowest BCUT2D eigenvalue weighted by Crippen LogP contribution is -2.63. The van der Waals surface area contributed by atoms with Crippen LogP contribution in [0, 0.1) is 12.8 Å². The average molecular weight is 609 g/mol. The number of fused-ring (bicyclic) bond motifs is 4. The molecular weight excluding hydrogens is 555 g/mol. The molecule has 2 nitrogen and oxygen atoms in total. The van der Waals surface area contributed by atoms with Gasteiger partial charge in [0.15, 0.2) is 0 Å². The first-order chi connectivity index (χ1) is 21.7. The lowest BCUT2D eigenvalue weighted by atomic mass is 9.33. The first kappa shape index (κ1) is 32.2. The molecule has 0 saturated heterocycles. The van der Waals surface area contributed by atoms with Gasteiger partial charge in [0.1, 0.15) is 0 Å². The van der Waals surface area contributed by atoms with Crippen molar-refractivity contribution in [3.8, 4) is 0 Å². The molecule has 0 amide bonds. The van der Waals surface area contributed by atoms with Crippen LogP contribution in [0.1, 0.15) is 98.8 Å². The van der Waals surface area contributed by atoms with Gasteiger partial charge in [0, 0.05) is 34.5 Å². The Morgan fingerprint density at radius 1 is 0.761 bits per heavy atom. The van der Waals surface area contributed by atoms with E-state index in [9.17, 15) is 0 Å². The molecule has 3 heteroatoms. The highest BCUT2D eigenvalue weighted by molar-refractivity contribution is 7.00. The molecule has 0 radical (unpaired) electrons. The van der Waals surface area contributed by atoms with Crippen molar-refractivity contribution >= 4 is 51.5 Å². The van der Waals surface area contributed by atoms with Gasteiger partial charge in [0.25, 0.3) is 6.71 Å². The number of anilines is 5. The summed E-state index contributed by atoms with van der Waals surface area (Å²) in [6, 6.07) is 31.0. The van der Waals surface area contributed by atoms with Crippen molar-refractivity contribution in [2.75, 3.05) is 9.80 Å². The van der Waals surface area contributed by atoms with Crippen LogP contribution < -0.4 is 26.2 Å². The molecule has 2 aliphatic heterocycles. The molecule has 1 unspecified atom stereocenters. The molecule has 2 aliphatic rings. The summed E-state index contributed by atoms with van der Waals surface area (Å²) in [6.07, 6.45) is 4.62. The van der Waals surface area contributed by atoms with Gasteiger partial charge in [-0.25, -0.2) is 0 Å². The number of benzene rings is 4. The second kappa shape index (κ2) is 11.8. The van der Waals surface area contributed by atoms with Gasteiger partial charge >= 0.3 is 0 Å². The second-order valence-corrected chi connectivity index (χ2v) is 16.2. The van der Waals surface area contributed by atoms with E-state index >= 15 is 0 Å². The van der Waals surface area contributed by atoms with E-state index in [1.54, 1.807) is 0 Å². The average Bonchev–Trinajstić information content (AvgIpc) is 3.00. The second-order valence-electron chi connectivity index (χ2n) is 16.2. The highest BCUT2D eigenvalue weighted by Crippen LogP contribution is 2.44. The van der Waals surface area contributed by atoms with Crippen LogP contribution in [0.2, 0.25) is 0 Å². The van der Waals surface area contributed by atoms with Crippen LogP contribution in [-0.4, -0.2) is 12.8 Å². The molecule has 238 valence electrons. The fraction of sp³-hybridized carbons (Fsp3) is 0.395. The molecular formula is C43H53BN2. The van der Waals surface area contributed by atoms with E-state index in [2.05, 4.69) is 171 Å². The minimum absolute atomic E-state index is 0.0517. The Hall–Kier alpha value is -3.72. The fourth-order valence-electron chi connectivity index (χ4n) is 7.62. The summed E-state index contributed by atoms with van der Waals surface area (Å²) in [5.41, 5.74) is 16.5. The molecule has 0 bridgehead atoms. The van der Waals surface area contributed by atoms with Gasteiger partial charge in [-0.05, 0) is 107 Å². The Kier molecular flexibility index (Phi) is 8.28. The van der Waals surface area contributed by atoms with Crippen LogP contribution in [0.3, 0.4) is 0 Å². The SMILES string of the molecule is CCC(C)[C@@H](CC=C(C)C)N1c2cccc3c2B(c2cc(C(C)(C)C)ccc2N3c2ccc(C(C)(C)C)cc2)c2cccc(C)c21. The summed E-state index contributed by atoms with van der Waals surface area (Å²) in [6.45, 7) is 25.6. The maximum Gasteiger partial charge on any atom is 0.252 e. The predicted molar refractivity (Wildman–Crippen MR) is 204 cm³/mol. The molecule has 0 spiro atoms. The lowest BCUT2D eigenvalue weighted by Gasteiger charge is -2.48. The Morgan fingerprint density at radius 3 is 2.02 bits per heavy atom. The van der Waals surface area contributed by atoms with E-state index in [0.29, 0.717) is 12.0 Å². The zero-order valence-corrected chi connectivity index (χ0v) is 30.1. The molecule has 2 atom stereocenters. The zero-order chi connectivity index (χ0) is 33.1. The Bertz CT molecular complexity index is 1780. The molecule has 0 aromatic heterocycles. The first-order valence-corrected chi connectivity index (χ1v) is 17.4. The van der Waals surface area contributed by atoms with Gasteiger partial charge < -0.3 is 9.80 Å². The third-order valence-electron chi connectivity index (χ3n) is 10.5. The van der Waals surface area contributed by atoms with Crippen LogP contribution in [0.5, 0.6) is 0 Å². The van der Waals surface area contributed by atoms with Crippen LogP contribution >= 0.6 is 0 Å². The Morgan fingerprint density at radius 2 is 1.39 bits per heavy atom. The largest absolute Gasteiger partial charge is 0.338 e. The van der Waals surface area contributed by atoms with Crippen molar-refractivity contribution < 1.29 is 0 Å². The highest BCUT2D eigenvalue weighted by Gasteiger charge is 2.45. The van der Waals surface area contributed by atoms with Gasteiger partial charge in [-0.15, -0.1) is 0 Å². The molecule has 0 saturated carbocycles. The van der Waals surface area contributed by atoms with Crippen LogP contribution in [0.4, 0.5) is 28.4 Å². The first-order valence-electron chi connectivity index (χ1n) is 17.4. The number of aryl methyl sites for hydroxylation is 1. The molecule has 0 aliphatic carbocycles. The van der Waals surface area contributed by atoms with E-state index < -0.39 is 0 Å². The van der Waals surface area contributed by atoms with E-state index in [4.69, 9.17) is 0 Å². The van der Waals surface area contributed by atoms with Crippen molar-refractivity contribution in [1.29, 1.82) is 0 Å². The summed E-state index contributed by atoms with van der Waals surface area (Å²) >= 11 is 0. The summed E-state index contributed by atoms with van der Waals surface area (Å²) in [4.78, 5) is 5.28.